The number of benzene rings is 2. The van der Waals surface area contributed by atoms with Crippen molar-refractivity contribution in [3.63, 3.8) is 0 Å². The van der Waals surface area contributed by atoms with Crippen LogP contribution in [0, 0.1) is 11.3 Å². The second-order valence-electron chi connectivity index (χ2n) is 7.78. The lowest BCUT2D eigenvalue weighted by molar-refractivity contribution is -0.116. The predicted molar refractivity (Wildman–Crippen MR) is 115 cm³/mol. The minimum absolute atomic E-state index is 0.114. The van der Waals surface area contributed by atoms with E-state index in [1.54, 1.807) is 0 Å². The highest BCUT2D eigenvalue weighted by atomic mass is 35.5. The van der Waals surface area contributed by atoms with E-state index in [4.69, 9.17) is 11.6 Å². The Bertz CT molecular complexity index is 1060. The van der Waals surface area contributed by atoms with Gasteiger partial charge in [0.1, 0.15) is 0 Å². The third-order valence-corrected chi connectivity index (χ3v) is 6.26. The zero-order chi connectivity index (χ0) is 20.5. The van der Waals surface area contributed by atoms with Gasteiger partial charge in [-0.3, -0.25) is 4.79 Å². The van der Waals surface area contributed by atoms with Gasteiger partial charge >= 0.3 is 0 Å². The van der Waals surface area contributed by atoms with Crippen LogP contribution in [0.3, 0.4) is 0 Å². The molecule has 0 aromatic heterocycles. The number of hydrogen-bond donors (Lipinski definition) is 1. The van der Waals surface area contributed by atoms with Crippen molar-refractivity contribution in [1.82, 2.24) is 5.32 Å². The largest absolute Gasteiger partial charge is 0.361 e. The molecule has 0 spiro atoms. The zero-order valence-corrected chi connectivity index (χ0v) is 17.4. The maximum Gasteiger partial charge on any atom is 0.162 e. The summed E-state index contributed by atoms with van der Waals surface area (Å²) >= 11 is 6.02. The third-order valence-electron chi connectivity index (χ3n) is 6.01. The van der Waals surface area contributed by atoms with Crippen molar-refractivity contribution in [1.29, 1.82) is 5.26 Å². The molecule has 29 heavy (non-hydrogen) atoms. The van der Waals surface area contributed by atoms with Gasteiger partial charge in [0, 0.05) is 28.4 Å². The maximum atomic E-state index is 13.3. The average Bonchev–Trinajstić information content (AvgIpc) is 2.73. The van der Waals surface area contributed by atoms with Gasteiger partial charge in [0.2, 0.25) is 0 Å². The summed E-state index contributed by atoms with van der Waals surface area (Å²) in [5.41, 5.74) is 6.53. The van der Waals surface area contributed by atoms with Gasteiger partial charge in [-0.1, -0.05) is 54.9 Å². The third kappa shape index (κ3) is 3.61. The number of dihydropyridines is 1. The summed E-state index contributed by atoms with van der Waals surface area (Å²) < 4.78 is 0. The highest BCUT2D eigenvalue weighted by molar-refractivity contribution is 6.30. The molecule has 0 saturated heterocycles. The number of hydrogen-bond acceptors (Lipinski definition) is 3. The highest BCUT2D eigenvalue weighted by Crippen LogP contribution is 2.45. The molecule has 1 aliphatic carbocycles. The fourth-order valence-corrected chi connectivity index (χ4v) is 4.56. The van der Waals surface area contributed by atoms with Crippen molar-refractivity contribution in [3.05, 3.63) is 92.8 Å². The van der Waals surface area contributed by atoms with Gasteiger partial charge < -0.3 is 5.32 Å². The molecule has 3 nitrogen and oxygen atoms in total. The number of aryl methyl sites for hydroxylation is 1. The monoisotopic (exact) mass is 402 g/mol. The summed E-state index contributed by atoms with van der Waals surface area (Å²) in [4.78, 5) is 13.3. The Morgan fingerprint density at radius 2 is 1.72 bits per heavy atom. The SMILES string of the molecule is CCc1ccc(C2C(C#N)=C(C)NC3=C2C(=O)CC(c2ccc(Cl)cc2)C3)cc1. The second-order valence-corrected chi connectivity index (χ2v) is 8.21. The van der Waals surface area contributed by atoms with Crippen molar-refractivity contribution in [3.8, 4) is 6.07 Å². The van der Waals surface area contributed by atoms with Gasteiger partial charge in [0.15, 0.2) is 5.78 Å². The summed E-state index contributed by atoms with van der Waals surface area (Å²) in [7, 11) is 0. The highest BCUT2D eigenvalue weighted by Gasteiger charge is 2.38. The number of allylic oxidation sites excluding steroid dienone is 4. The van der Waals surface area contributed by atoms with Crippen LogP contribution in [0.5, 0.6) is 0 Å². The number of carbonyl (C=O) groups excluding carboxylic acids is 1. The summed E-state index contributed by atoms with van der Waals surface area (Å²) in [5.74, 6) is -0.0603. The van der Waals surface area contributed by atoms with E-state index in [9.17, 15) is 10.1 Å². The van der Waals surface area contributed by atoms with E-state index in [1.807, 2.05) is 31.2 Å². The summed E-state index contributed by atoms with van der Waals surface area (Å²) in [5, 5.41) is 13.9. The molecule has 2 aromatic rings. The quantitative estimate of drug-likeness (QED) is 0.707. The van der Waals surface area contributed by atoms with Crippen LogP contribution in [0.1, 0.15) is 55.2 Å². The van der Waals surface area contributed by atoms with E-state index in [1.165, 1.54) is 5.56 Å². The Labute approximate surface area is 176 Å². The summed E-state index contributed by atoms with van der Waals surface area (Å²) in [6.07, 6.45) is 2.16. The Hall–Kier alpha value is -2.83. The molecule has 1 heterocycles. The zero-order valence-electron chi connectivity index (χ0n) is 16.6. The van der Waals surface area contributed by atoms with E-state index in [0.29, 0.717) is 17.0 Å². The number of halogens is 1. The smallest absolute Gasteiger partial charge is 0.162 e. The standard InChI is InChI=1S/C25H23ClN2O/c1-3-16-4-6-18(7-5-16)24-21(14-27)15(2)28-22-12-19(13-23(29)25(22)24)17-8-10-20(26)11-9-17/h4-11,19,24,28H,3,12-13H2,1-2H3. The van der Waals surface area contributed by atoms with E-state index in [2.05, 4.69) is 42.6 Å². The Kier molecular flexibility index (Phi) is 5.30. The van der Waals surface area contributed by atoms with Gasteiger partial charge in [-0.15, -0.1) is 0 Å². The Balaban J connectivity index is 1.75. The normalized spacial score (nSPS) is 21.5. The first kappa shape index (κ1) is 19.5. The van der Waals surface area contributed by atoms with Crippen molar-refractivity contribution < 1.29 is 4.79 Å². The maximum absolute atomic E-state index is 13.3. The average molecular weight is 403 g/mol. The van der Waals surface area contributed by atoms with Crippen LogP contribution in [-0.2, 0) is 11.2 Å². The number of nitrogens with one attached hydrogen (secondary N) is 1. The van der Waals surface area contributed by atoms with Gasteiger partial charge in [-0.25, -0.2) is 0 Å². The number of nitrogens with zero attached hydrogens (tertiary/aromatic N) is 1. The lowest BCUT2D eigenvalue weighted by Gasteiger charge is -2.35. The fraction of sp³-hybridized carbons (Fsp3) is 0.280. The van der Waals surface area contributed by atoms with E-state index in [0.717, 1.165) is 40.9 Å². The van der Waals surface area contributed by atoms with Crippen molar-refractivity contribution in [2.45, 2.75) is 44.9 Å². The van der Waals surface area contributed by atoms with Crippen LogP contribution in [0.25, 0.3) is 0 Å². The summed E-state index contributed by atoms with van der Waals surface area (Å²) in [6.45, 7) is 4.04. The molecule has 0 radical (unpaired) electrons. The molecule has 2 unspecified atom stereocenters. The molecule has 0 amide bonds. The number of rotatable bonds is 3. The number of carbonyl (C=O) groups is 1. The van der Waals surface area contributed by atoms with Crippen LogP contribution in [0.4, 0.5) is 0 Å². The van der Waals surface area contributed by atoms with Crippen molar-refractivity contribution >= 4 is 17.4 Å². The number of ketones is 1. The van der Waals surface area contributed by atoms with Crippen molar-refractivity contribution in [2.24, 2.45) is 0 Å². The molecule has 0 bridgehead atoms. The number of Topliss-reactive ketones (excluding diaryl/α,β-unsaturated/α-hetero) is 1. The minimum Gasteiger partial charge on any atom is -0.361 e. The lowest BCUT2D eigenvalue weighted by Crippen LogP contribution is -2.33. The molecule has 2 aliphatic rings. The Morgan fingerprint density at radius 1 is 1.07 bits per heavy atom. The molecule has 2 aromatic carbocycles. The van der Waals surface area contributed by atoms with E-state index in [-0.39, 0.29) is 17.6 Å². The van der Waals surface area contributed by atoms with E-state index >= 15 is 0 Å². The topological polar surface area (TPSA) is 52.9 Å². The second kappa shape index (κ2) is 7.89. The molecule has 2 atom stereocenters. The molecule has 146 valence electrons. The van der Waals surface area contributed by atoms with Crippen LogP contribution in [-0.4, -0.2) is 5.78 Å². The number of nitriles is 1. The molecule has 0 saturated carbocycles. The van der Waals surface area contributed by atoms with Gasteiger partial charge in [0.25, 0.3) is 0 Å². The van der Waals surface area contributed by atoms with Gasteiger partial charge in [0.05, 0.1) is 17.6 Å². The molecule has 1 N–H and O–H groups in total. The summed E-state index contributed by atoms with van der Waals surface area (Å²) in [6, 6.07) is 18.4. The first-order chi connectivity index (χ1) is 14.0. The first-order valence-corrected chi connectivity index (χ1v) is 10.4. The molecule has 1 aliphatic heterocycles. The molecular formula is C25H23ClN2O. The fourth-order valence-electron chi connectivity index (χ4n) is 4.44. The van der Waals surface area contributed by atoms with Crippen molar-refractivity contribution in [2.75, 3.05) is 0 Å². The van der Waals surface area contributed by atoms with Crippen LogP contribution >= 0.6 is 11.6 Å². The molecule has 0 fully saturated rings. The molecular weight excluding hydrogens is 380 g/mol. The van der Waals surface area contributed by atoms with Crippen LogP contribution < -0.4 is 5.32 Å². The lowest BCUT2D eigenvalue weighted by atomic mass is 9.72. The Morgan fingerprint density at radius 3 is 2.34 bits per heavy atom. The van der Waals surface area contributed by atoms with Crippen LogP contribution in [0.15, 0.2) is 71.1 Å². The van der Waals surface area contributed by atoms with Gasteiger partial charge in [-0.05, 0) is 54.5 Å². The molecule has 4 heteroatoms. The van der Waals surface area contributed by atoms with Crippen LogP contribution in [0.2, 0.25) is 5.02 Å². The molecule has 4 rings (SSSR count). The minimum atomic E-state index is -0.291. The first-order valence-electron chi connectivity index (χ1n) is 10.00. The predicted octanol–water partition coefficient (Wildman–Crippen LogP) is 5.79. The van der Waals surface area contributed by atoms with E-state index < -0.39 is 0 Å². The van der Waals surface area contributed by atoms with Gasteiger partial charge in [-0.2, -0.15) is 5.26 Å².